The summed E-state index contributed by atoms with van der Waals surface area (Å²) >= 11 is 18.4. The Balaban J connectivity index is 3.29. The van der Waals surface area contributed by atoms with E-state index in [2.05, 4.69) is 31.9 Å². The summed E-state index contributed by atoms with van der Waals surface area (Å²) in [5.74, 6) is 0. The molecule has 0 saturated heterocycles. The van der Waals surface area contributed by atoms with Gasteiger partial charge in [-0.05, 0) is 17.7 Å². The van der Waals surface area contributed by atoms with Crippen molar-refractivity contribution in [2.45, 2.75) is 5.33 Å². The van der Waals surface area contributed by atoms with Crippen LogP contribution in [0.2, 0.25) is 10.0 Å². The van der Waals surface area contributed by atoms with E-state index in [-0.39, 0.29) is 0 Å². The molecule has 0 nitrogen and oxygen atoms in total. The van der Waals surface area contributed by atoms with Gasteiger partial charge >= 0.3 is 0 Å². The normalized spacial score (nSPS) is 10.2. The molecule has 0 aliphatic heterocycles. The second-order valence-electron chi connectivity index (χ2n) is 1.96. The van der Waals surface area contributed by atoms with Crippen LogP contribution < -0.4 is 0 Å². The van der Waals surface area contributed by atoms with E-state index in [1.807, 2.05) is 6.07 Å². The molecule has 1 aromatic carbocycles. The van der Waals surface area contributed by atoms with Crippen molar-refractivity contribution in [3.63, 3.8) is 0 Å². The third kappa shape index (κ3) is 2.11. The quantitative estimate of drug-likeness (QED) is 0.522. The maximum atomic E-state index is 5.91. The van der Waals surface area contributed by atoms with Gasteiger partial charge in [-0.25, -0.2) is 0 Å². The van der Waals surface area contributed by atoms with Gasteiger partial charge in [0.15, 0.2) is 0 Å². The molecule has 1 rings (SSSR count). The zero-order valence-electron chi connectivity index (χ0n) is 5.37. The Labute approximate surface area is 92.1 Å². The predicted molar refractivity (Wildman–Crippen MR) is 56.8 cm³/mol. The molecule has 1 aromatic rings. The van der Waals surface area contributed by atoms with Crippen LogP contribution in [-0.4, -0.2) is 0 Å². The highest BCUT2D eigenvalue weighted by atomic mass is 79.9. The summed E-state index contributed by atoms with van der Waals surface area (Å²) in [7, 11) is 0. The molecule has 0 N–H and O–H groups in total. The van der Waals surface area contributed by atoms with Gasteiger partial charge in [0, 0.05) is 9.80 Å². The molecule has 0 saturated carbocycles. The largest absolute Gasteiger partial charge is 0.0875 e. The van der Waals surface area contributed by atoms with Gasteiger partial charge in [-0.15, -0.1) is 0 Å². The first kappa shape index (κ1) is 9.85. The molecule has 11 heavy (non-hydrogen) atoms. The lowest BCUT2D eigenvalue weighted by atomic mass is 10.2. The number of hydrogen-bond acceptors (Lipinski definition) is 0. The van der Waals surface area contributed by atoms with Gasteiger partial charge in [0.2, 0.25) is 0 Å². The summed E-state index contributed by atoms with van der Waals surface area (Å²) < 4.78 is 0.976. The summed E-state index contributed by atoms with van der Waals surface area (Å²) in [5.41, 5.74) is 0.985. The third-order valence-corrected chi connectivity index (χ3v) is 3.42. The van der Waals surface area contributed by atoms with Crippen LogP contribution in [0.5, 0.6) is 0 Å². The molecule has 0 aromatic heterocycles. The molecular weight excluding hydrogens is 315 g/mol. The maximum absolute atomic E-state index is 5.91. The Morgan fingerprint density at radius 3 is 2.36 bits per heavy atom. The van der Waals surface area contributed by atoms with E-state index in [1.54, 1.807) is 6.07 Å². The van der Waals surface area contributed by atoms with Crippen LogP contribution in [0.3, 0.4) is 0 Å². The number of benzene rings is 1. The SMILES string of the molecule is Clc1ccc(Br)c(CBr)c1Cl. The first-order chi connectivity index (χ1) is 5.16. The van der Waals surface area contributed by atoms with Gasteiger partial charge < -0.3 is 0 Å². The zero-order valence-corrected chi connectivity index (χ0v) is 10.1. The van der Waals surface area contributed by atoms with E-state index < -0.39 is 0 Å². The fraction of sp³-hybridized carbons (Fsp3) is 0.143. The third-order valence-electron chi connectivity index (χ3n) is 1.27. The molecule has 0 atom stereocenters. The highest BCUT2D eigenvalue weighted by molar-refractivity contribution is 9.10. The predicted octanol–water partition coefficient (Wildman–Crippen LogP) is 4.65. The average molecular weight is 319 g/mol. The van der Waals surface area contributed by atoms with E-state index in [0.29, 0.717) is 15.4 Å². The van der Waals surface area contributed by atoms with Crippen LogP contribution in [0, 0.1) is 0 Å². The van der Waals surface area contributed by atoms with E-state index >= 15 is 0 Å². The lowest BCUT2D eigenvalue weighted by Gasteiger charge is -2.03. The Kier molecular flexibility index (Phi) is 3.69. The number of rotatable bonds is 1. The number of halogens is 4. The van der Waals surface area contributed by atoms with Crippen molar-refractivity contribution in [3.8, 4) is 0 Å². The van der Waals surface area contributed by atoms with Crippen LogP contribution in [0.15, 0.2) is 16.6 Å². The van der Waals surface area contributed by atoms with Crippen molar-refractivity contribution in [3.05, 3.63) is 32.2 Å². The summed E-state index contributed by atoms with van der Waals surface area (Å²) in [5, 5.41) is 1.90. The van der Waals surface area contributed by atoms with Crippen LogP contribution in [0.4, 0.5) is 0 Å². The minimum absolute atomic E-state index is 0.587. The van der Waals surface area contributed by atoms with E-state index in [0.717, 1.165) is 10.0 Å². The van der Waals surface area contributed by atoms with Gasteiger partial charge in [0.1, 0.15) is 0 Å². The first-order valence-corrected chi connectivity index (χ1v) is 5.52. The second kappa shape index (κ2) is 4.13. The lowest BCUT2D eigenvalue weighted by molar-refractivity contribution is 1.40. The van der Waals surface area contributed by atoms with Crippen molar-refractivity contribution in [2.24, 2.45) is 0 Å². The molecule has 0 bridgehead atoms. The minimum Gasteiger partial charge on any atom is -0.0875 e. The molecule has 0 unspecified atom stereocenters. The fourth-order valence-electron chi connectivity index (χ4n) is 0.692. The minimum atomic E-state index is 0.587. The summed E-state index contributed by atoms with van der Waals surface area (Å²) in [6.45, 7) is 0. The van der Waals surface area contributed by atoms with Gasteiger partial charge in [-0.2, -0.15) is 0 Å². The standard InChI is InChI=1S/C7H4Br2Cl2/c8-3-4-5(9)1-2-6(10)7(4)11/h1-2H,3H2. The van der Waals surface area contributed by atoms with Crippen molar-refractivity contribution >= 4 is 55.1 Å². The Morgan fingerprint density at radius 2 is 1.91 bits per heavy atom. The fourth-order valence-corrected chi connectivity index (χ4v) is 2.81. The molecule has 0 radical (unpaired) electrons. The van der Waals surface area contributed by atoms with Crippen LogP contribution in [0.25, 0.3) is 0 Å². The maximum Gasteiger partial charge on any atom is 0.0644 e. The van der Waals surface area contributed by atoms with Crippen LogP contribution in [-0.2, 0) is 5.33 Å². The Morgan fingerprint density at radius 1 is 1.27 bits per heavy atom. The van der Waals surface area contributed by atoms with Gasteiger partial charge in [-0.3, -0.25) is 0 Å². The topological polar surface area (TPSA) is 0 Å². The van der Waals surface area contributed by atoms with E-state index in [1.165, 1.54) is 0 Å². The summed E-state index contributed by atoms with van der Waals surface area (Å²) in [4.78, 5) is 0. The Bertz CT molecular complexity index is 273. The van der Waals surface area contributed by atoms with Crippen molar-refractivity contribution in [1.82, 2.24) is 0 Å². The highest BCUT2D eigenvalue weighted by Crippen LogP contribution is 2.32. The second-order valence-corrected chi connectivity index (χ2v) is 4.16. The van der Waals surface area contributed by atoms with Crippen molar-refractivity contribution < 1.29 is 0 Å². The van der Waals surface area contributed by atoms with Crippen LogP contribution in [0.1, 0.15) is 5.56 Å². The molecule has 0 aliphatic rings. The van der Waals surface area contributed by atoms with Crippen LogP contribution >= 0.6 is 55.1 Å². The molecule has 0 amide bonds. The molecular formula is C7H4Br2Cl2. The average Bonchev–Trinajstić information content (AvgIpc) is 1.99. The summed E-state index contributed by atoms with van der Waals surface area (Å²) in [6, 6.07) is 3.64. The first-order valence-electron chi connectivity index (χ1n) is 2.85. The Hall–Kier alpha value is 0.760. The van der Waals surface area contributed by atoms with E-state index in [9.17, 15) is 0 Å². The molecule has 0 fully saturated rings. The smallest absolute Gasteiger partial charge is 0.0644 e. The lowest BCUT2D eigenvalue weighted by Crippen LogP contribution is -1.82. The number of hydrogen-bond donors (Lipinski definition) is 0. The number of alkyl halides is 1. The molecule has 60 valence electrons. The highest BCUT2D eigenvalue weighted by Gasteiger charge is 2.06. The monoisotopic (exact) mass is 316 g/mol. The molecule has 0 spiro atoms. The van der Waals surface area contributed by atoms with Gasteiger partial charge in [0.05, 0.1) is 10.0 Å². The van der Waals surface area contributed by atoms with Gasteiger partial charge in [-0.1, -0.05) is 55.1 Å². The molecule has 4 heteroatoms. The van der Waals surface area contributed by atoms with Crippen molar-refractivity contribution in [2.75, 3.05) is 0 Å². The molecule has 0 heterocycles. The zero-order chi connectivity index (χ0) is 8.43. The van der Waals surface area contributed by atoms with Crippen molar-refractivity contribution in [1.29, 1.82) is 0 Å². The van der Waals surface area contributed by atoms with E-state index in [4.69, 9.17) is 23.2 Å². The molecule has 0 aliphatic carbocycles. The summed E-state index contributed by atoms with van der Waals surface area (Å²) in [6.07, 6.45) is 0. The van der Waals surface area contributed by atoms with Gasteiger partial charge in [0.25, 0.3) is 0 Å².